The molecule has 204 valence electrons. The zero-order valence-electron chi connectivity index (χ0n) is 23.0. The van der Waals surface area contributed by atoms with Gasteiger partial charge < -0.3 is 25.5 Å². The third-order valence-electron chi connectivity index (χ3n) is 13.4. The van der Waals surface area contributed by atoms with E-state index in [4.69, 9.17) is 0 Å². The first kappa shape index (κ1) is 26.6. The molecule has 36 heavy (non-hydrogen) atoms. The van der Waals surface area contributed by atoms with Gasteiger partial charge in [0.05, 0.1) is 30.3 Å². The van der Waals surface area contributed by atoms with Crippen LogP contribution < -0.4 is 0 Å². The summed E-state index contributed by atoms with van der Waals surface area (Å²) in [5, 5.41) is 54.7. The summed E-state index contributed by atoms with van der Waals surface area (Å²) in [6, 6.07) is 0. The van der Waals surface area contributed by atoms with E-state index in [1.807, 2.05) is 6.92 Å². The van der Waals surface area contributed by atoms with E-state index in [0.29, 0.717) is 25.2 Å². The highest BCUT2D eigenvalue weighted by atomic mass is 16.4. The Bertz CT molecular complexity index is 963. The fourth-order valence-corrected chi connectivity index (χ4v) is 11.2. The van der Waals surface area contributed by atoms with E-state index in [9.17, 15) is 30.3 Å². The number of carboxylic acids is 1. The van der Waals surface area contributed by atoms with Crippen LogP contribution in [0.2, 0.25) is 0 Å². The van der Waals surface area contributed by atoms with Gasteiger partial charge in [-0.05, 0) is 84.9 Å². The van der Waals surface area contributed by atoms with Gasteiger partial charge in [-0.1, -0.05) is 53.2 Å². The molecule has 0 aromatic rings. The highest BCUT2D eigenvalue weighted by Crippen LogP contribution is 2.75. The van der Waals surface area contributed by atoms with Crippen LogP contribution in [0, 0.1) is 56.7 Å². The highest BCUT2D eigenvalue weighted by Gasteiger charge is 2.72. The summed E-state index contributed by atoms with van der Waals surface area (Å²) in [4.78, 5) is 12.8. The van der Waals surface area contributed by atoms with E-state index in [-0.39, 0.29) is 41.1 Å². The van der Waals surface area contributed by atoms with Gasteiger partial charge in [-0.25, -0.2) is 0 Å². The lowest BCUT2D eigenvalue weighted by Crippen LogP contribution is -2.71. The number of allylic oxidation sites excluding steroid dienone is 2. The predicted octanol–water partition coefficient (Wildman–Crippen LogP) is 4.00. The lowest BCUT2D eigenvalue weighted by atomic mass is 9.32. The van der Waals surface area contributed by atoms with Crippen LogP contribution in [0.15, 0.2) is 11.6 Å². The van der Waals surface area contributed by atoms with Crippen molar-refractivity contribution in [2.24, 2.45) is 56.7 Å². The SMILES string of the molecule is CC1[C@H](C)CCC2(C(=O)O)CC[C@]3(C)C(=CCC4C5(C)C[C@@H](O)C(O)C(C)(CO)[C@@H]5C(O)CC43C)[C@H]12. The minimum absolute atomic E-state index is 0.000534. The van der Waals surface area contributed by atoms with Gasteiger partial charge in [-0.2, -0.15) is 0 Å². The molecule has 5 N–H and O–H groups in total. The first-order valence-corrected chi connectivity index (χ1v) is 14.2. The molecule has 0 saturated heterocycles. The van der Waals surface area contributed by atoms with E-state index in [1.54, 1.807) is 0 Å². The quantitative estimate of drug-likeness (QED) is 0.363. The van der Waals surface area contributed by atoms with Crippen molar-refractivity contribution in [3.63, 3.8) is 0 Å². The molecule has 0 bridgehead atoms. The second-order valence-electron chi connectivity index (χ2n) is 14.6. The van der Waals surface area contributed by atoms with Gasteiger partial charge in [0.25, 0.3) is 0 Å². The highest BCUT2D eigenvalue weighted by molar-refractivity contribution is 5.76. The lowest BCUT2D eigenvalue weighted by molar-refractivity contribution is -0.273. The largest absolute Gasteiger partial charge is 0.481 e. The zero-order valence-corrected chi connectivity index (χ0v) is 23.0. The molecule has 5 aliphatic rings. The summed E-state index contributed by atoms with van der Waals surface area (Å²) < 4.78 is 0. The van der Waals surface area contributed by atoms with Crippen LogP contribution in [0.1, 0.15) is 86.5 Å². The van der Waals surface area contributed by atoms with Crippen LogP contribution in [-0.4, -0.2) is 56.4 Å². The van der Waals surface area contributed by atoms with Gasteiger partial charge >= 0.3 is 5.97 Å². The Kier molecular flexibility index (Phi) is 5.95. The summed E-state index contributed by atoms with van der Waals surface area (Å²) >= 11 is 0. The second-order valence-corrected chi connectivity index (χ2v) is 14.6. The van der Waals surface area contributed by atoms with Crippen LogP contribution in [-0.2, 0) is 4.79 Å². The fraction of sp³-hybridized carbons (Fsp3) is 0.900. The number of aliphatic carboxylic acids is 1. The molecule has 0 radical (unpaired) electrons. The minimum atomic E-state index is -1.08. The van der Waals surface area contributed by atoms with E-state index in [0.717, 1.165) is 25.7 Å². The minimum Gasteiger partial charge on any atom is -0.481 e. The van der Waals surface area contributed by atoms with Crippen LogP contribution in [0.4, 0.5) is 0 Å². The maximum Gasteiger partial charge on any atom is 0.310 e. The summed E-state index contributed by atoms with van der Waals surface area (Å²) in [6.07, 6.45) is 4.44. The van der Waals surface area contributed by atoms with Gasteiger partial charge in [0.2, 0.25) is 0 Å². The first-order valence-electron chi connectivity index (χ1n) is 14.2. The summed E-state index contributed by atoms with van der Waals surface area (Å²) in [6.45, 7) is 12.8. The number of hydrogen-bond acceptors (Lipinski definition) is 5. The average molecular weight is 505 g/mol. The van der Waals surface area contributed by atoms with Crippen LogP contribution in [0.25, 0.3) is 0 Å². The predicted molar refractivity (Wildman–Crippen MR) is 137 cm³/mol. The Balaban J connectivity index is 1.65. The molecule has 13 atom stereocenters. The van der Waals surface area contributed by atoms with E-state index in [2.05, 4.69) is 40.7 Å². The Morgan fingerprint density at radius 1 is 1.00 bits per heavy atom. The van der Waals surface area contributed by atoms with Gasteiger partial charge in [0.1, 0.15) is 0 Å². The average Bonchev–Trinajstić information content (AvgIpc) is 2.80. The maximum atomic E-state index is 12.8. The molecule has 0 aromatic heterocycles. The zero-order chi connectivity index (χ0) is 26.6. The van der Waals surface area contributed by atoms with Gasteiger partial charge in [0.15, 0.2) is 0 Å². The van der Waals surface area contributed by atoms with Crippen molar-refractivity contribution < 1.29 is 30.3 Å². The third kappa shape index (κ3) is 2.96. The van der Waals surface area contributed by atoms with Crippen molar-refractivity contribution in [2.75, 3.05) is 6.61 Å². The van der Waals surface area contributed by atoms with Crippen molar-refractivity contribution in [3.8, 4) is 0 Å². The van der Waals surface area contributed by atoms with E-state index < -0.39 is 40.5 Å². The number of hydrogen-bond donors (Lipinski definition) is 5. The van der Waals surface area contributed by atoms with E-state index in [1.165, 1.54) is 5.57 Å². The van der Waals surface area contributed by atoms with Crippen molar-refractivity contribution in [3.05, 3.63) is 11.6 Å². The van der Waals surface area contributed by atoms with Crippen molar-refractivity contribution in [1.82, 2.24) is 0 Å². The van der Waals surface area contributed by atoms with Crippen LogP contribution in [0.5, 0.6) is 0 Å². The normalized spacial score (nSPS) is 58.6. The number of fused-ring (bicyclic) bond motifs is 7. The number of aliphatic hydroxyl groups excluding tert-OH is 4. The molecular weight excluding hydrogens is 456 g/mol. The molecule has 8 unspecified atom stereocenters. The smallest absolute Gasteiger partial charge is 0.310 e. The van der Waals surface area contributed by atoms with Crippen molar-refractivity contribution in [2.45, 2.75) is 105 Å². The topological polar surface area (TPSA) is 118 Å². The van der Waals surface area contributed by atoms with E-state index >= 15 is 0 Å². The molecule has 4 saturated carbocycles. The molecule has 4 fully saturated rings. The van der Waals surface area contributed by atoms with Gasteiger partial charge in [-0.3, -0.25) is 4.79 Å². The van der Waals surface area contributed by atoms with Crippen molar-refractivity contribution in [1.29, 1.82) is 0 Å². The molecule has 0 heterocycles. The Morgan fingerprint density at radius 3 is 2.28 bits per heavy atom. The maximum absolute atomic E-state index is 12.8. The molecule has 0 amide bonds. The summed E-state index contributed by atoms with van der Waals surface area (Å²) in [7, 11) is 0. The molecule has 6 nitrogen and oxygen atoms in total. The molecule has 0 spiro atoms. The Labute approximate surface area is 216 Å². The van der Waals surface area contributed by atoms with Gasteiger partial charge in [0, 0.05) is 11.3 Å². The monoisotopic (exact) mass is 504 g/mol. The molecule has 0 aliphatic heterocycles. The van der Waals surface area contributed by atoms with Crippen LogP contribution in [0.3, 0.4) is 0 Å². The molecule has 5 rings (SSSR count). The van der Waals surface area contributed by atoms with Gasteiger partial charge in [-0.15, -0.1) is 0 Å². The summed E-state index contributed by atoms with van der Waals surface area (Å²) in [5.74, 6) is -0.0914. The third-order valence-corrected chi connectivity index (χ3v) is 13.4. The summed E-state index contributed by atoms with van der Waals surface area (Å²) in [5.41, 5.74) is -1.41. The molecule has 6 heteroatoms. The molecular formula is C30H48O6. The van der Waals surface area contributed by atoms with Crippen molar-refractivity contribution >= 4 is 5.97 Å². The lowest BCUT2D eigenvalue weighted by Gasteiger charge is -2.72. The second kappa shape index (κ2) is 8.03. The number of rotatable bonds is 2. The van der Waals surface area contributed by atoms with Crippen LogP contribution >= 0.6 is 0 Å². The number of carboxylic acid groups (broad SMARTS) is 1. The molecule has 5 aliphatic carbocycles. The first-order chi connectivity index (χ1) is 16.6. The number of carbonyl (C=O) groups is 1. The molecule has 0 aromatic carbocycles. The Morgan fingerprint density at radius 2 is 1.67 bits per heavy atom. The number of aliphatic hydroxyl groups is 4. The Hall–Kier alpha value is -0.950. The fourth-order valence-electron chi connectivity index (χ4n) is 11.2. The standard InChI is InChI=1S/C30H48O6/c1-16-9-10-30(25(35)36)12-11-28(5)18(22(30)17(16)2)7-8-21-26(3)13-20(33)24(34)27(4,15-31)23(26)19(32)14-29(21,28)6/h7,16-17,19-24,31-34H,8-15H2,1-6H3,(H,35,36)/t16-,17?,19?,20-,21?,22+,23-,24?,26?,27?,28-,29?,30?/m1/s1.